The Morgan fingerprint density at radius 3 is 2.38 bits per heavy atom. The van der Waals surface area contributed by atoms with Crippen molar-refractivity contribution in [3.05, 3.63) is 64.1 Å². The zero-order valence-electron chi connectivity index (χ0n) is 10.7. The monoisotopic (exact) mass is 357 g/mol. The van der Waals surface area contributed by atoms with E-state index in [1.165, 1.54) is 12.1 Å². The standard InChI is InChI=1S/C15H11BrF3NO/c16-11-6-7-13(20-9-15(17,18)19)12(8-11)14(21)10-4-2-1-3-5-10/h1-8,20H,9H2. The van der Waals surface area contributed by atoms with E-state index in [9.17, 15) is 18.0 Å². The summed E-state index contributed by atoms with van der Waals surface area (Å²) in [5.41, 5.74) is 0.773. The summed E-state index contributed by atoms with van der Waals surface area (Å²) in [5.74, 6) is -0.332. The summed E-state index contributed by atoms with van der Waals surface area (Å²) in [4.78, 5) is 12.4. The lowest BCUT2D eigenvalue weighted by molar-refractivity contribution is -0.115. The Morgan fingerprint density at radius 2 is 1.76 bits per heavy atom. The van der Waals surface area contributed by atoms with Crippen LogP contribution in [0.3, 0.4) is 0 Å². The Morgan fingerprint density at radius 1 is 1.10 bits per heavy atom. The van der Waals surface area contributed by atoms with Gasteiger partial charge in [-0.3, -0.25) is 4.79 Å². The van der Waals surface area contributed by atoms with E-state index in [0.717, 1.165) is 0 Å². The van der Waals surface area contributed by atoms with Gasteiger partial charge in [0.1, 0.15) is 6.54 Å². The first-order valence-electron chi connectivity index (χ1n) is 6.07. The molecule has 0 aliphatic rings. The highest BCUT2D eigenvalue weighted by Gasteiger charge is 2.27. The van der Waals surface area contributed by atoms with Crippen molar-refractivity contribution in [1.29, 1.82) is 0 Å². The molecule has 0 atom stereocenters. The van der Waals surface area contributed by atoms with E-state index in [1.54, 1.807) is 36.4 Å². The van der Waals surface area contributed by atoms with Crippen LogP contribution in [0.15, 0.2) is 53.0 Å². The fraction of sp³-hybridized carbons (Fsp3) is 0.133. The number of carbonyl (C=O) groups excluding carboxylic acids is 1. The smallest absolute Gasteiger partial charge is 0.376 e. The molecule has 0 amide bonds. The predicted molar refractivity (Wildman–Crippen MR) is 78.6 cm³/mol. The van der Waals surface area contributed by atoms with Gasteiger partial charge in [-0.1, -0.05) is 46.3 Å². The lowest BCUT2D eigenvalue weighted by Gasteiger charge is -2.13. The van der Waals surface area contributed by atoms with Crippen molar-refractivity contribution in [2.24, 2.45) is 0 Å². The molecule has 2 nitrogen and oxygen atoms in total. The predicted octanol–water partition coefficient (Wildman–Crippen LogP) is 4.65. The topological polar surface area (TPSA) is 29.1 Å². The number of anilines is 1. The summed E-state index contributed by atoms with van der Waals surface area (Å²) in [7, 11) is 0. The minimum Gasteiger partial charge on any atom is -0.376 e. The molecule has 6 heteroatoms. The molecule has 2 aromatic rings. The van der Waals surface area contributed by atoms with Gasteiger partial charge in [-0.15, -0.1) is 0 Å². The molecule has 21 heavy (non-hydrogen) atoms. The van der Waals surface area contributed by atoms with E-state index >= 15 is 0 Å². The Balaban J connectivity index is 2.33. The third kappa shape index (κ3) is 4.32. The van der Waals surface area contributed by atoms with E-state index in [0.29, 0.717) is 10.0 Å². The van der Waals surface area contributed by atoms with Crippen LogP contribution in [0, 0.1) is 0 Å². The molecule has 0 aliphatic carbocycles. The van der Waals surface area contributed by atoms with Gasteiger partial charge in [0.05, 0.1) is 0 Å². The minimum atomic E-state index is -4.35. The van der Waals surface area contributed by atoms with E-state index in [-0.39, 0.29) is 17.0 Å². The normalized spacial score (nSPS) is 11.2. The summed E-state index contributed by atoms with van der Waals surface area (Å²) in [6.45, 7) is -1.19. The van der Waals surface area contributed by atoms with Crippen LogP contribution in [-0.4, -0.2) is 18.5 Å². The van der Waals surface area contributed by atoms with Gasteiger partial charge in [0, 0.05) is 21.3 Å². The number of alkyl halides is 3. The molecular weight excluding hydrogens is 347 g/mol. The van der Waals surface area contributed by atoms with Crippen molar-refractivity contribution in [2.45, 2.75) is 6.18 Å². The largest absolute Gasteiger partial charge is 0.405 e. The van der Waals surface area contributed by atoms with Crippen molar-refractivity contribution >= 4 is 27.4 Å². The maximum Gasteiger partial charge on any atom is 0.405 e. The van der Waals surface area contributed by atoms with Gasteiger partial charge in [-0.05, 0) is 18.2 Å². The highest BCUT2D eigenvalue weighted by atomic mass is 79.9. The molecule has 0 aliphatic heterocycles. The third-order valence-electron chi connectivity index (χ3n) is 2.74. The Hall–Kier alpha value is -1.82. The van der Waals surface area contributed by atoms with Crippen molar-refractivity contribution < 1.29 is 18.0 Å². The molecule has 0 unspecified atom stereocenters. The number of benzene rings is 2. The summed E-state index contributed by atoms with van der Waals surface area (Å²) in [5, 5.41) is 2.26. The fourth-order valence-corrected chi connectivity index (χ4v) is 2.16. The van der Waals surface area contributed by atoms with Gasteiger partial charge in [0.15, 0.2) is 5.78 Å². The van der Waals surface area contributed by atoms with Gasteiger partial charge in [-0.25, -0.2) is 0 Å². The first kappa shape index (κ1) is 15.6. The lowest BCUT2D eigenvalue weighted by Crippen LogP contribution is -2.22. The zero-order chi connectivity index (χ0) is 15.5. The highest BCUT2D eigenvalue weighted by molar-refractivity contribution is 9.10. The van der Waals surface area contributed by atoms with E-state index < -0.39 is 12.7 Å². The summed E-state index contributed by atoms with van der Waals surface area (Å²) < 4.78 is 37.6. The molecule has 0 saturated carbocycles. The quantitative estimate of drug-likeness (QED) is 0.806. The molecule has 0 radical (unpaired) electrons. The van der Waals surface area contributed by atoms with Gasteiger partial charge < -0.3 is 5.32 Å². The average Bonchev–Trinajstić information content (AvgIpc) is 2.45. The number of rotatable bonds is 4. The molecule has 110 valence electrons. The van der Waals surface area contributed by atoms with Gasteiger partial charge >= 0.3 is 6.18 Å². The van der Waals surface area contributed by atoms with Crippen LogP contribution in [0.4, 0.5) is 18.9 Å². The second-order valence-electron chi connectivity index (χ2n) is 4.35. The third-order valence-corrected chi connectivity index (χ3v) is 3.23. The fourth-order valence-electron chi connectivity index (χ4n) is 1.80. The number of hydrogen-bond donors (Lipinski definition) is 1. The molecule has 1 N–H and O–H groups in total. The molecule has 0 saturated heterocycles. The summed E-state index contributed by atoms with van der Waals surface area (Å²) in [6.07, 6.45) is -4.35. The van der Waals surface area contributed by atoms with Crippen LogP contribution in [0.2, 0.25) is 0 Å². The molecule has 0 bridgehead atoms. The number of carbonyl (C=O) groups is 1. The molecule has 0 aromatic heterocycles. The van der Waals surface area contributed by atoms with Crippen LogP contribution in [0.5, 0.6) is 0 Å². The SMILES string of the molecule is O=C(c1ccccc1)c1cc(Br)ccc1NCC(F)(F)F. The molecular formula is C15H11BrF3NO. The number of halogens is 4. The van der Waals surface area contributed by atoms with Crippen LogP contribution in [0.25, 0.3) is 0 Å². The van der Waals surface area contributed by atoms with Crippen LogP contribution < -0.4 is 5.32 Å². The first-order valence-corrected chi connectivity index (χ1v) is 6.86. The molecule has 0 spiro atoms. The maximum atomic E-state index is 12.4. The van der Waals surface area contributed by atoms with E-state index in [1.807, 2.05) is 0 Å². The Kier molecular flexibility index (Phi) is 4.67. The highest BCUT2D eigenvalue weighted by Crippen LogP contribution is 2.25. The lowest BCUT2D eigenvalue weighted by atomic mass is 10.0. The molecule has 0 fully saturated rings. The minimum absolute atomic E-state index is 0.157. The second kappa shape index (κ2) is 6.30. The van der Waals surface area contributed by atoms with Gasteiger partial charge in [0.25, 0.3) is 0 Å². The number of nitrogens with one attached hydrogen (secondary N) is 1. The van der Waals surface area contributed by atoms with Crippen molar-refractivity contribution in [3.63, 3.8) is 0 Å². The molecule has 2 aromatic carbocycles. The molecule has 0 heterocycles. The average molecular weight is 358 g/mol. The first-order chi connectivity index (χ1) is 9.87. The second-order valence-corrected chi connectivity index (χ2v) is 5.27. The van der Waals surface area contributed by atoms with Crippen molar-refractivity contribution in [3.8, 4) is 0 Å². The van der Waals surface area contributed by atoms with Crippen LogP contribution in [-0.2, 0) is 0 Å². The Bertz CT molecular complexity index is 641. The van der Waals surface area contributed by atoms with Crippen molar-refractivity contribution in [1.82, 2.24) is 0 Å². The van der Waals surface area contributed by atoms with Crippen LogP contribution in [0.1, 0.15) is 15.9 Å². The Labute approximate surface area is 128 Å². The number of ketones is 1. The summed E-state index contributed by atoms with van der Waals surface area (Å²) >= 11 is 3.23. The van der Waals surface area contributed by atoms with Gasteiger partial charge in [-0.2, -0.15) is 13.2 Å². The van der Waals surface area contributed by atoms with E-state index in [2.05, 4.69) is 21.2 Å². The summed E-state index contributed by atoms with van der Waals surface area (Å²) in [6, 6.07) is 13.0. The van der Waals surface area contributed by atoms with Crippen LogP contribution >= 0.6 is 15.9 Å². The van der Waals surface area contributed by atoms with E-state index in [4.69, 9.17) is 0 Å². The van der Waals surface area contributed by atoms with Crippen molar-refractivity contribution in [2.75, 3.05) is 11.9 Å². The number of hydrogen-bond acceptors (Lipinski definition) is 2. The molecule has 2 rings (SSSR count). The zero-order valence-corrected chi connectivity index (χ0v) is 12.3. The maximum absolute atomic E-state index is 12.4. The van der Waals surface area contributed by atoms with Gasteiger partial charge in [0.2, 0.25) is 0 Å².